The van der Waals surface area contributed by atoms with Crippen molar-refractivity contribution in [3.05, 3.63) is 57.5 Å². The standard InChI is InChI=1S/C17H16BrClN2O3S/c18-13-6-7-16(15(19)9-13)25(23,24)20-10-11-2-1-3-14(8-11)21-17(22)12-4-5-12/h1-3,6-9,12,20H,4-5,10H2,(H,21,22). The number of hydrogen-bond acceptors (Lipinski definition) is 3. The number of sulfonamides is 1. The molecule has 25 heavy (non-hydrogen) atoms. The molecule has 2 aromatic carbocycles. The number of anilines is 1. The molecular formula is C17H16BrClN2O3S. The normalized spacial score (nSPS) is 14.3. The van der Waals surface area contributed by atoms with Crippen LogP contribution in [0.15, 0.2) is 51.8 Å². The van der Waals surface area contributed by atoms with Crippen molar-refractivity contribution in [3.63, 3.8) is 0 Å². The Morgan fingerprint density at radius 2 is 1.96 bits per heavy atom. The third kappa shape index (κ3) is 4.82. The van der Waals surface area contributed by atoms with Gasteiger partial charge in [0.1, 0.15) is 4.90 Å². The van der Waals surface area contributed by atoms with Gasteiger partial charge < -0.3 is 5.32 Å². The fourth-order valence-corrected chi connectivity index (χ4v) is 4.35. The van der Waals surface area contributed by atoms with Crippen LogP contribution in [0, 0.1) is 5.92 Å². The first-order valence-electron chi connectivity index (χ1n) is 7.70. The molecule has 1 amide bonds. The third-order valence-corrected chi connectivity index (χ3v) is 6.17. The van der Waals surface area contributed by atoms with Crippen LogP contribution in [0.2, 0.25) is 5.02 Å². The van der Waals surface area contributed by atoms with Gasteiger partial charge in [0, 0.05) is 22.6 Å². The lowest BCUT2D eigenvalue weighted by atomic mass is 10.2. The van der Waals surface area contributed by atoms with E-state index in [1.807, 2.05) is 0 Å². The van der Waals surface area contributed by atoms with Gasteiger partial charge in [0.25, 0.3) is 0 Å². The summed E-state index contributed by atoms with van der Waals surface area (Å²) in [6, 6.07) is 11.7. The molecule has 0 aromatic heterocycles. The number of nitrogens with one attached hydrogen (secondary N) is 2. The molecule has 0 bridgehead atoms. The molecule has 132 valence electrons. The second-order valence-electron chi connectivity index (χ2n) is 5.86. The average Bonchev–Trinajstić information content (AvgIpc) is 3.38. The number of carbonyl (C=O) groups is 1. The van der Waals surface area contributed by atoms with Crippen molar-refractivity contribution >= 4 is 49.1 Å². The van der Waals surface area contributed by atoms with E-state index in [2.05, 4.69) is 26.0 Å². The summed E-state index contributed by atoms with van der Waals surface area (Å²) in [6.45, 7) is 0.0991. The topological polar surface area (TPSA) is 75.3 Å². The largest absolute Gasteiger partial charge is 0.326 e. The fourth-order valence-electron chi connectivity index (χ4n) is 2.30. The van der Waals surface area contributed by atoms with E-state index in [-0.39, 0.29) is 28.3 Å². The lowest BCUT2D eigenvalue weighted by molar-refractivity contribution is -0.117. The molecular weight excluding hydrogens is 428 g/mol. The van der Waals surface area contributed by atoms with Crippen molar-refractivity contribution in [3.8, 4) is 0 Å². The Kier molecular flexibility index (Phi) is 5.48. The quantitative estimate of drug-likeness (QED) is 0.710. The number of halogens is 2. The molecule has 0 aliphatic heterocycles. The number of carbonyl (C=O) groups excluding carboxylic acids is 1. The summed E-state index contributed by atoms with van der Waals surface area (Å²) in [5, 5.41) is 2.99. The molecule has 2 N–H and O–H groups in total. The van der Waals surface area contributed by atoms with E-state index < -0.39 is 10.0 Å². The molecule has 0 saturated heterocycles. The maximum absolute atomic E-state index is 12.4. The molecule has 2 aromatic rings. The van der Waals surface area contributed by atoms with Crippen molar-refractivity contribution < 1.29 is 13.2 Å². The van der Waals surface area contributed by atoms with Crippen molar-refractivity contribution in [2.24, 2.45) is 5.92 Å². The second-order valence-corrected chi connectivity index (χ2v) is 8.92. The summed E-state index contributed by atoms with van der Waals surface area (Å²) in [6.07, 6.45) is 1.86. The molecule has 0 heterocycles. The van der Waals surface area contributed by atoms with Gasteiger partial charge in [-0.3, -0.25) is 4.79 Å². The Balaban J connectivity index is 1.69. The highest BCUT2D eigenvalue weighted by Crippen LogP contribution is 2.30. The summed E-state index contributed by atoms with van der Waals surface area (Å²) >= 11 is 9.26. The zero-order chi connectivity index (χ0) is 18.0. The van der Waals surface area contributed by atoms with Gasteiger partial charge in [0.05, 0.1) is 5.02 Å². The highest BCUT2D eigenvalue weighted by molar-refractivity contribution is 9.10. The maximum atomic E-state index is 12.4. The van der Waals surface area contributed by atoms with Crippen molar-refractivity contribution in [2.45, 2.75) is 24.3 Å². The Morgan fingerprint density at radius 3 is 2.64 bits per heavy atom. The predicted octanol–water partition coefficient (Wildman–Crippen LogP) is 3.93. The van der Waals surface area contributed by atoms with Gasteiger partial charge >= 0.3 is 0 Å². The lowest BCUT2D eigenvalue weighted by Gasteiger charge is -2.10. The molecule has 8 heteroatoms. The molecule has 1 saturated carbocycles. The minimum Gasteiger partial charge on any atom is -0.326 e. The van der Waals surface area contributed by atoms with Crippen LogP contribution in [0.4, 0.5) is 5.69 Å². The molecule has 5 nitrogen and oxygen atoms in total. The summed E-state index contributed by atoms with van der Waals surface area (Å²) in [5.41, 5.74) is 1.40. The van der Waals surface area contributed by atoms with Crippen LogP contribution in [0.1, 0.15) is 18.4 Å². The van der Waals surface area contributed by atoms with Crippen LogP contribution in [0.25, 0.3) is 0 Å². The Labute approximate surface area is 160 Å². The monoisotopic (exact) mass is 442 g/mol. The van der Waals surface area contributed by atoms with Crippen molar-refractivity contribution in [1.82, 2.24) is 4.72 Å². The second kappa shape index (κ2) is 7.45. The summed E-state index contributed by atoms with van der Waals surface area (Å²) in [4.78, 5) is 11.8. The predicted molar refractivity (Wildman–Crippen MR) is 101 cm³/mol. The highest BCUT2D eigenvalue weighted by atomic mass is 79.9. The first kappa shape index (κ1) is 18.4. The molecule has 0 spiro atoms. The third-order valence-electron chi connectivity index (χ3n) is 3.79. The van der Waals surface area contributed by atoms with Gasteiger partial charge in [0.2, 0.25) is 15.9 Å². The number of rotatable bonds is 6. The van der Waals surface area contributed by atoms with E-state index in [9.17, 15) is 13.2 Å². The van der Waals surface area contributed by atoms with Crippen LogP contribution in [-0.2, 0) is 21.4 Å². The van der Waals surface area contributed by atoms with Crippen LogP contribution in [0.3, 0.4) is 0 Å². The van der Waals surface area contributed by atoms with Gasteiger partial charge in [-0.05, 0) is 48.7 Å². The van der Waals surface area contributed by atoms with E-state index in [4.69, 9.17) is 11.6 Å². The van der Waals surface area contributed by atoms with Crippen LogP contribution in [0.5, 0.6) is 0 Å². The smallest absolute Gasteiger partial charge is 0.242 e. The molecule has 0 radical (unpaired) electrons. The van der Waals surface area contributed by atoms with Crippen molar-refractivity contribution in [1.29, 1.82) is 0 Å². The minimum atomic E-state index is -3.74. The van der Waals surface area contributed by atoms with Gasteiger partial charge in [-0.25, -0.2) is 13.1 Å². The van der Waals surface area contributed by atoms with E-state index in [1.165, 1.54) is 12.1 Å². The van der Waals surface area contributed by atoms with Gasteiger partial charge in [0.15, 0.2) is 0 Å². The van der Waals surface area contributed by atoms with E-state index in [0.717, 1.165) is 18.4 Å². The summed E-state index contributed by atoms with van der Waals surface area (Å²) in [7, 11) is -3.74. The Bertz CT molecular complexity index is 914. The first-order chi connectivity index (χ1) is 11.8. The Hall–Kier alpha value is -1.41. The van der Waals surface area contributed by atoms with Gasteiger partial charge in [-0.2, -0.15) is 0 Å². The minimum absolute atomic E-state index is 0.0133. The molecule has 0 unspecified atom stereocenters. The van der Waals surface area contributed by atoms with Gasteiger partial charge in [-0.1, -0.05) is 39.7 Å². The maximum Gasteiger partial charge on any atom is 0.242 e. The van der Waals surface area contributed by atoms with Gasteiger partial charge in [-0.15, -0.1) is 0 Å². The first-order valence-corrected chi connectivity index (χ1v) is 10.3. The van der Waals surface area contributed by atoms with E-state index in [1.54, 1.807) is 30.3 Å². The van der Waals surface area contributed by atoms with Crippen LogP contribution in [-0.4, -0.2) is 14.3 Å². The van der Waals surface area contributed by atoms with Crippen LogP contribution < -0.4 is 10.0 Å². The molecule has 1 aliphatic carbocycles. The Morgan fingerprint density at radius 1 is 1.20 bits per heavy atom. The molecule has 1 fully saturated rings. The number of hydrogen-bond donors (Lipinski definition) is 2. The number of benzene rings is 2. The zero-order valence-electron chi connectivity index (χ0n) is 13.1. The fraction of sp³-hybridized carbons (Fsp3) is 0.235. The average molecular weight is 444 g/mol. The summed E-state index contributed by atoms with van der Waals surface area (Å²) in [5.74, 6) is 0.126. The van der Waals surface area contributed by atoms with Crippen molar-refractivity contribution in [2.75, 3.05) is 5.32 Å². The molecule has 1 aliphatic rings. The summed E-state index contributed by atoms with van der Waals surface area (Å²) < 4.78 is 28.1. The SMILES string of the molecule is O=C(Nc1cccc(CNS(=O)(=O)c2ccc(Br)cc2Cl)c1)C1CC1. The highest BCUT2D eigenvalue weighted by Gasteiger charge is 2.29. The molecule has 3 rings (SSSR count). The lowest BCUT2D eigenvalue weighted by Crippen LogP contribution is -2.23. The zero-order valence-corrected chi connectivity index (χ0v) is 16.3. The van der Waals surface area contributed by atoms with E-state index in [0.29, 0.717) is 10.2 Å². The van der Waals surface area contributed by atoms with E-state index >= 15 is 0 Å². The number of amides is 1. The molecule has 0 atom stereocenters. The van der Waals surface area contributed by atoms with Crippen LogP contribution >= 0.6 is 27.5 Å².